The fourth-order valence-corrected chi connectivity index (χ4v) is 2.41. The quantitative estimate of drug-likeness (QED) is 0.684. The minimum Gasteiger partial charge on any atom is -0.487 e. The molecule has 0 aliphatic rings. The summed E-state index contributed by atoms with van der Waals surface area (Å²) in [6.07, 6.45) is 0. The van der Waals surface area contributed by atoms with Crippen LogP contribution in [0.15, 0.2) is 42.5 Å². The first-order valence-corrected chi connectivity index (χ1v) is 8.20. The Balaban J connectivity index is 1.96. The third kappa shape index (κ3) is 5.71. The molecule has 0 fully saturated rings. The fraction of sp³-hybridized carbons (Fsp3) is 0.278. The molecule has 0 N–H and O–H groups in total. The van der Waals surface area contributed by atoms with E-state index in [1.807, 2.05) is 25.1 Å². The number of halogens is 2. The molecule has 0 bridgehead atoms. The van der Waals surface area contributed by atoms with Crippen LogP contribution >= 0.6 is 23.2 Å². The summed E-state index contributed by atoms with van der Waals surface area (Å²) in [5.74, 6) is 0.197. The molecule has 0 radical (unpaired) electrons. The minimum absolute atomic E-state index is 0.292. The summed E-state index contributed by atoms with van der Waals surface area (Å²) in [5.41, 5.74) is 1.35. The van der Waals surface area contributed by atoms with Gasteiger partial charge >= 0.3 is 5.97 Å². The van der Waals surface area contributed by atoms with Crippen molar-refractivity contribution in [2.45, 2.75) is 6.61 Å². The summed E-state index contributed by atoms with van der Waals surface area (Å²) in [7, 11) is 3.85. The van der Waals surface area contributed by atoms with E-state index in [9.17, 15) is 4.79 Å². The van der Waals surface area contributed by atoms with Gasteiger partial charge in [0.2, 0.25) is 0 Å². The average molecular weight is 368 g/mol. The summed E-state index contributed by atoms with van der Waals surface area (Å²) in [5, 5.41) is 0.997. The predicted octanol–water partition coefficient (Wildman–Crippen LogP) is 4.29. The lowest BCUT2D eigenvalue weighted by atomic mass is 10.1. The highest BCUT2D eigenvalue weighted by molar-refractivity contribution is 6.35. The van der Waals surface area contributed by atoms with E-state index < -0.39 is 0 Å². The van der Waals surface area contributed by atoms with E-state index in [1.54, 1.807) is 36.4 Å². The van der Waals surface area contributed by atoms with Gasteiger partial charge in [-0.2, -0.15) is 0 Å². The van der Waals surface area contributed by atoms with Gasteiger partial charge in [0.1, 0.15) is 19.0 Å². The molecular weight excluding hydrogens is 349 g/mol. The molecule has 0 atom stereocenters. The molecule has 2 aromatic rings. The van der Waals surface area contributed by atoms with Crippen LogP contribution in [0.3, 0.4) is 0 Å². The smallest absolute Gasteiger partial charge is 0.338 e. The highest BCUT2D eigenvalue weighted by atomic mass is 35.5. The van der Waals surface area contributed by atoms with Gasteiger partial charge in [0.15, 0.2) is 0 Å². The monoisotopic (exact) mass is 367 g/mol. The molecule has 0 aliphatic carbocycles. The zero-order chi connectivity index (χ0) is 17.5. The third-order valence-electron chi connectivity index (χ3n) is 3.22. The van der Waals surface area contributed by atoms with Crippen molar-refractivity contribution in [1.82, 2.24) is 4.90 Å². The molecule has 128 valence electrons. The largest absolute Gasteiger partial charge is 0.487 e. The van der Waals surface area contributed by atoms with Gasteiger partial charge in [-0.15, -0.1) is 0 Å². The number of hydrogen-bond acceptors (Lipinski definition) is 4. The lowest BCUT2D eigenvalue weighted by molar-refractivity contribution is 0.0481. The minimum atomic E-state index is -0.344. The fourth-order valence-electron chi connectivity index (χ4n) is 1.95. The Morgan fingerprint density at radius 2 is 1.92 bits per heavy atom. The van der Waals surface area contributed by atoms with Gasteiger partial charge < -0.3 is 14.4 Å². The standard InChI is InChI=1S/C18H19Cl2NO3/c1-21(2)8-9-23-18(22)14-5-3-4-13(10-14)12-24-17-7-6-15(19)11-16(17)20/h3-7,10-11H,8-9,12H2,1-2H3. The van der Waals surface area contributed by atoms with Gasteiger partial charge in [0.05, 0.1) is 10.6 Å². The second-order valence-electron chi connectivity index (χ2n) is 5.50. The molecule has 6 heteroatoms. The van der Waals surface area contributed by atoms with Crippen molar-refractivity contribution in [2.24, 2.45) is 0 Å². The van der Waals surface area contributed by atoms with Gasteiger partial charge in [-0.05, 0) is 50.0 Å². The average Bonchev–Trinajstić information content (AvgIpc) is 2.54. The first-order chi connectivity index (χ1) is 11.5. The Morgan fingerprint density at radius 1 is 1.12 bits per heavy atom. The molecule has 0 aliphatic heterocycles. The molecule has 0 unspecified atom stereocenters. The summed E-state index contributed by atoms with van der Waals surface area (Å²) in [6, 6.07) is 12.2. The van der Waals surface area contributed by atoms with Crippen LogP contribution in [-0.2, 0) is 11.3 Å². The molecule has 0 spiro atoms. The van der Waals surface area contributed by atoms with Crippen molar-refractivity contribution >= 4 is 29.2 Å². The highest BCUT2D eigenvalue weighted by Crippen LogP contribution is 2.28. The molecule has 0 heterocycles. The maximum absolute atomic E-state index is 12.0. The number of benzene rings is 2. The number of carbonyl (C=O) groups is 1. The molecule has 2 aromatic carbocycles. The number of nitrogens with zero attached hydrogens (tertiary/aromatic N) is 1. The first-order valence-electron chi connectivity index (χ1n) is 7.44. The van der Waals surface area contributed by atoms with E-state index in [4.69, 9.17) is 32.7 Å². The van der Waals surface area contributed by atoms with Crippen LogP contribution in [-0.4, -0.2) is 38.1 Å². The number of hydrogen-bond donors (Lipinski definition) is 0. The normalized spacial score (nSPS) is 10.7. The van der Waals surface area contributed by atoms with Gasteiger partial charge in [-0.1, -0.05) is 35.3 Å². The van der Waals surface area contributed by atoms with E-state index in [0.717, 1.165) is 5.56 Å². The van der Waals surface area contributed by atoms with Crippen LogP contribution in [0.2, 0.25) is 10.0 Å². The van der Waals surface area contributed by atoms with E-state index in [-0.39, 0.29) is 5.97 Å². The topological polar surface area (TPSA) is 38.8 Å². The number of rotatable bonds is 7. The Kier molecular flexibility index (Phi) is 6.91. The molecule has 0 amide bonds. The van der Waals surface area contributed by atoms with Crippen molar-refractivity contribution in [3.8, 4) is 5.75 Å². The maximum Gasteiger partial charge on any atom is 0.338 e. The Hall–Kier alpha value is -1.75. The SMILES string of the molecule is CN(C)CCOC(=O)c1cccc(COc2ccc(Cl)cc2Cl)c1. The van der Waals surface area contributed by atoms with Gasteiger partial charge in [-0.25, -0.2) is 4.79 Å². The second-order valence-corrected chi connectivity index (χ2v) is 6.35. The zero-order valence-electron chi connectivity index (χ0n) is 13.6. The Morgan fingerprint density at radius 3 is 2.62 bits per heavy atom. The number of esters is 1. The Bertz CT molecular complexity index is 704. The number of carbonyl (C=O) groups excluding carboxylic acids is 1. The van der Waals surface area contributed by atoms with Crippen LogP contribution in [0.25, 0.3) is 0 Å². The van der Waals surface area contributed by atoms with Crippen molar-refractivity contribution in [2.75, 3.05) is 27.2 Å². The van der Waals surface area contributed by atoms with Crippen LogP contribution in [0, 0.1) is 0 Å². The molecule has 0 aromatic heterocycles. The number of ether oxygens (including phenoxy) is 2. The van der Waals surface area contributed by atoms with Gasteiger partial charge in [-0.3, -0.25) is 0 Å². The summed E-state index contributed by atoms with van der Waals surface area (Å²) in [4.78, 5) is 14.0. The van der Waals surface area contributed by atoms with Crippen LogP contribution in [0.4, 0.5) is 0 Å². The van der Waals surface area contributed by atoms with Crippen LogP contribution < -0.4 is 4.74 Å². The summed E-state index contributed by atoms with van der Waals surface area (Å²) < 4.78 is 10.9. The molecule has 4 nitrogen and oxygen atoms in total. The second kappa shape index (κ2) is 8.92. The number of likely N-dealkylation sites (N-methyl/N-ethyl adjacent to an activating group) is 1. The molecule has 24 heavy (non-hydrogen) atoms. The van der Waals surface area contributed by atoms with Crippen molar-refractivity contribution in [1.29, 1.82) is 0 Å². The summed E-state index contributed by atoms with van der Waals surface area (Å²) in [6.45, 7) is 1.33. The lowest BCUT2D eigenvalue weighted by Gasteiger charge is -2.11. The zero-order valence-corrected chi connectivity index (χ0v) is 15.1. The van der Waals surface area contributed by atoms with E-state index in [1.165, 1.54) is 0 Å². The van der Waals surface area contributed by atoms with E-state index in [2.05, 4.69) is 0 Å². The molecular formula is C18H19Cl2NO3. The predicted molar refractivity (Wildman–Crippen MR) is 96.1 cm³/mol. The Labute approximate surface area is 151 Å². The van der Waals surface area contributed by atoms with E-state index >= 15 is 0 Å². The lowest BCUT2D eigenvalue weighted by Crippen LogP contribution is -2.20. The van der Waals surface area contributed by atoms with E-state index in [0.29, 0.717) is 41.1 Å². The van der Waals surface area contributed by atoms with Gasteiger partial charge in [0, 0.05) is 11.6 Å². The molecule has 2 rings (SSSR count). The van der Waals surface area contributed by atoms with Gasteiger partial charge in [0.25, 0.3) is 0 Å². The third-order valence-corrected chi connectivity index (χ3v) is 3.75. The molecule has 0 saturated heterocycles. The van der Waals surface area contributed by atoms with Crippen molar-refractivity contribution < 1.29 is 14.3 Å². The van der Waals surface area contributed by atoms with Crippen molar-refractivity contribution in [3.05, 3.63) is 63.6 Å². The highest BCUT2D eigenvalue weighted by Gasteiger charge is 2.09. The van der Waals surface area contributed by atoms with Crippen molar-refractivity contribution in [3.63, 3.8) is 0 Å². The van der Waals surface area contributed by atoms with Crippen LogP contribution in [0.1, 0.15) is 15.9 Å². The molecule has 0 saturated carbocycles. The van der Waals surface area contributed by atoms with Crippen LogP contribution in [0.5, 0.6) is 5.75 Å². The first kappa shape index (κ1) is 18.6. The summed E-state index contributed by atoms with van der Waals surface area (Å²) >= 11 is 11.9. The maximum atomic E-state index is 12.0.